The summed E-state index contributed by atoms with van der Waals surface area (Å²) in [5.41, 5.74) is 1.37. The maximum Gasteiger partial charge on any atom is 0.259 e. The van der Waals surface area contributed by atoms with Crippen LogP contribution in [0.2, 0.25) is 0 Å². The molecule has 0 N–H and O–H groups in total. The average molecular weight is 372 g/mol. The van der Waals surface area contributed by atoms with Crippen molar-refractivity contribution in [1.29, 1.82) is 0 Å². The molecule has 2 aliphatic heterocycles. The minimum atomic E-state index is 0.00990. The molecule has 2 aliphatic rings. The molecule has 0 radical (unpaired) electrons. The lowest BCUT2D eigenvalue weighted by molar-refractivity contribution is 0.0755. The van der Waals surface area contributed by atoms with Crippen LogP contribution in [0.4, 0.5) is 0 Å². The van der Waals surface area contributed by atoms with Crippen LogP contribution in [0.5, 0.6) is 0 Å². The lowest BCUT2D eigenvalue weighted by atomic mass is 10.0. The summed E-state index contributed by atoms with van der Waals surface area (Å²) < 4.78 is 7.54. The molecule has 4 heterocycles. The van der Waals surface area contributed by atoms with E-state index in [1.165, 1.54) is 6.42 Å². The van der Waals surface area contributed by atoms with Gasteiger partial charge in [0.05, 0.1) is 11.7 Å². The molecule has 0 aliphatic carbocycles. The summed E-state index contributed by atoms with van der Waals surface area (Å²) in [6.07, 6.45) is 3.03. The third-order valence-corrected chi connectivity index (χ3v) is 5.81. The number of carbonyl (C=O) groups is 1. The van der Waals surface area contributed by atoms with Crippen LogP contribution in [0.15, 0.2) is 4.52 Å². The molecule has 146 valence electrons. The minimum Gasteiger partial charge on any atom is -0.361 e. The fourth-order valence-electron chi connectivity index (χ4n) is 4.23. The number of aryl methyl sites for hydroxylation is 1. The van der Waals surface area contributed by atoms with Crippen LogP contribution in [0, 0.1) is 6.92 Å². The smallest absolute Gasteiger partial charge is 0.259 e. The summed E-state index contributed by atoms with van der Waals surface area (Å²) in [7, 11) is 2.15. The second-order valence-electron chi connectivity index (χ2n) is 7.96. The quantitative estimate of drug-likeness (QED) is 0.821. The summed E-state index contributed by atoms with van der Waals surface area (Å²) >= 11 is 0. The van der Waals surface area contributed by atoms with Crippen molar-refractivity contribution in [2.45, 2.75) is 58.5 Å². The molecule has 0 bridgehead atoms. The Morgan fingerprint density at radius 1 is 1.19 bits per heavy atom. The Hall–Kier alpha value is -2.22. The first-order valence-electron chi connectivity index (χ1n) is 9.85. The molecule has 1 amide bonds. The number of amides is 1. The van der Waals surface area contributed by atoms with Crippen molar-refractivity contribution >= 4 is 5.91 Å². The fraction of sp³-hybridized carbons (Fsp3) is 0.684. The summed E-state index contributed by atoms with van der Waals surface area (Å²) in [4.78, 5) is 17.5. The standard InChI is InChI=1S/C19H28N6O2/c1-12(2)17-16(13(3)27-22-17)19(26)24-9-7-15-20-21-18(25(15)11-10-24)14-6-5-8-23(14)4/h12,14H,5-11H2,1-4H3/t14-/m0/s1. The lowest BCUT2D eigenvalue weighted by Crippen LogP contribution is -2.34. The van der Waals surface area contributed by atoms with Crippen LogP contribution in [0.1, 0.15) is 72.1 Å². The van der Waals surface area contributed by atoms with E-state index in [0.29, 0.717) is 30.5 Å². The van der Waals surface area contributed by atoms with E-state index in [1.807, 2.05) is 25.7 Å². The molecule has 4 rings (SSSR count). The molecule has 0 saturated carbocycles. The molecule has 1 fully saturated rings. The molecule has 1 atom stereocenters. The predicted molar refractivity (Wildman–Crippen MR) is 99.6 cm³/mol. The zero-order valence-corrected chi connectivity index (χ0v) is 16.6. The van der Waals surface area contributed by atoms with Crippen molar-refractivity contribution in [2.75, 3.05) is 26.7 Å². The number of aromatic nitrogens is 4. The summed E-state index contributed by atoms with van der Waals surface area (Å²) in [5.74, 6) is 2.78. The Morgan fingerprint density at radius 3 is 2.70 bits per heavy atom. The highest BCUT2D eigenvalue weighted by Crippen LogP contribution is 2.30. The summed E-state index contributed by atoms with van der Waals surface area (Å²) in [5, 5.41) is 13.0. The van der Waals surface area contributed by atoms with Gasteiger partial charge in [0.1, 0.15) is 23.0 Å². The molecule has 0 aromatic carbocycles. The Bertz CT molecular complexity index is 839. The molecule has 1 saturated heterocycles. The van der Waals surface area contributed by atoms with Crippen LogP contribution in [0.3, 0.4) is 0 Å². The van der Waals surface area contributed by atoms with E-state index >= 15 is 0 Å². The number of nitrogens with zero attached hydrogens (tertiary/aromatic N) is 6. The van der Waals surface area contributed by atoms with Gasteiger partial charge in [-0.25, -0.2) is 0 Å². The second kappa shape index (κ2) is 7.07. The van der Waals surface area contributed by atoms with E-state index in [1.54, 1.807) is 0 Å². The van der Waals surface area contributed by atoms with E-state index in [9.17, 15) is 4.79 Å². The largest absolute Gasteiger partial charge is 0.361 e. The first kappa shape index (κ1) is 18.2. The highest BCUT2D eigenvalue weighted by atomic mass is 16.5. The molecule has 8 heteroatoms. The normalized spacial score (nSPS) is 20.9. The van der Waals surface area contributed by atoms with Gasteiger partial charge in [-0.1, -0.05) is 19.0 Å². The van der Waals surface area contributed by atoms with Gasteiger partial charge in [0, 0.05) is 26.1 Å². The topological polar surface area (TPSA) is 80.3 Å². The predicted octanol–water partition coefficient (Wildman–Crippen LogP) is 2.16. The van der Waals surface area contributed by atoms with Crippen molar-refractivity contribution in [3.05, 3.63) is 28.7 Å². The molecule has 2 aromatic rings. The van der Waals surface area contributed by atoms with Crippen molar-refractivity contribution in [2.24, 2.45) is 0 Å². The summed E-state index contributed by atoms with van der Waals surface area (Å²) in [6, 6.07) is 0.335. The first-order chi connectivity index (χ1) is 13.0. The van der Waals surface area contributed by atoms with Crippen molar-refractivity contribution in [1.82, 2.24) is 29.7 Å². The third kappa shape index (κ3) is 3.16. The van der Waals surface area contributed by atoms with Crippen LogP contribution >= 0.6 is 0 Å². The van der Waals surface area contributed by atoms with Crippen LogP contribution < -0.4 is 0 Å². The highest BCUT2D eigenvalue weighted by molar-refractivity contribution is 5.96. The van der Waals surface area contributed by atoms with Crippen molar-refractivity contribution < 1.29 is 9.32 Å². The SMILES string of the molecule is Cc1onc(C(C)C)c1C(=O)N1CCc2nnc([C@@H]3CCCN3C)n2CC1. The zero-order chi connectivity index (χ0) is 19.1. The van der Waals surface area contributed by atoms with Gasteiger partial charge < -0.3 is 14.0 Å². The average Bonchev–Trinajstić information content (AvgIpc) is 3.29. The van der Waals surface area contributed by atoms with Crippen LogP contribution in [-0.4, -0.2) is 62.3 Å². The Kier molecular flexibility index (Phi) is 4.75. The second-order valence-corrected chi connectivity index (χ2v) is 7.96. The van der Waals surface area contributed by atoms with E-state index < -0.39 is 0 Å². The van der Waals surface area contributed by atoms with Gasteiger partial charge in [-0.3, -0.25) is 9.69 Å². The Labute approximate surface area is 159 Å². The zero-order valence-electron chi connectivity index (χ0n) is 16.6. The van der Waals surface area contributed by atoms with Gasteiger partial charge in [0.25, 0.3) is 5.91 Å². The van der Waals surface area contributed by atoms with Gasteiger partial charge in [-0.2, -0.15) is 0 Å². The molecular weight excluding hydrogens is 344 g/mol. The fourth-order valence-corrected chi connectivity index (χ4v) is 4.23. The third-order valence-electron chi connectivity index (χ3n) is 5.81. The van der Waals surface area contributed by atoms with E-state index in [-0.39, 0.29) is 11.8 Å². The van der Waals surface area contributed by atoms with E-state index in [2.05, 4.69) is 31.9 Å². The van der Waals surface area contributed by atoms with Crippen LogP contribution in [-0.2, 0) is 13.0 Å². The Morgan fingerprint density at radius 2 is 2.00 bits per heavy atom. The lowest BCUT2D eigenvalue weighted by Gasteiger charge is -2.22. The maximum atomic E-state index is 13.2. The first-order valence-corrected chi connectivity index (χ1v) is 9.85. The van der Waals surface area contributed by atoms with Crippen molar-refractivity contribution in [3.63, 3.8) is 0 Å². The number of rotatable bonds is 3. The number of fused-ring (bicyclic) bond motifs is 1. The number of carbonyl (C=O) groups excluding carboxylic acids is 1. The van der Waals surface area contributed by atoms with Gasteiger partial charge in [-0.15, -0.1) is 10.2 Å². The number of hydrogen-bond acceptors (Lipinski definition) is 6. The molecule has 0 spiro atoms. The molecule has 8 nitrogen and oxygen atoms in total. The van der Waals surface area contributed by atoms with E-state index in [4.69, 9.17) is 4.52 Å². The number of likely N-dealkylation sites (tertiary alicyclic amines) is 1. The number of hydrogen-bond donors (Lipinski definition) is 0. The van der Waals surface area contributed by atoms with E-state index in [0.717, 1.165) is 43.3 Å². The van der Waals surface area contributed by atoms with Gasteiger partial charge in [0.2, 0.25) is 0 Å². The minimum absolute atomic E-state index is 0.00990. The maximum absolute atomic E-state index is 13.2. The van der Waals surface area contributed by atoms with Gasteiger partial charge in [0.15, 0.2) is 0 Å². The van der Waals surface area contributed by atoms with Crippen molar-refractivity contribution in [3.8, 4) is 0 Å². The Balaban J connectivity index is 1.55. The molecule has 27 heavy (non-hydrogen) atoms. The van der Waals surface area contributed by atoms with Gasteiger partial charge in [-0.05, 0) is 39.3 Å². The van der Waals surface area contributed by atoms with Crippen LogP contribution in [0.25, 0.3) is 0 Å². The summed E-state index contributed by atoms with van der Waals surface area (Å²) in [6.45, 7) is 8.99. The molecule has 0 unspecified atom stereocenters. The highest BCUT2D eigenvalue weighted by Gasteiger charge is 2.32. The monoisotopic (exact) mass is 372 g/mol. The van der Waals surface area contributed by atoms with Gasteiger partial charge >= 0.3 is 0 Å². The molecular formula is C19H28N6O2. The molecule has 2 aromatic heterocycles.